The van der Waals surface area contributed by atoms with Gasteiger partial charge in [-0.05, 0) is 77.9 Å². The first-order chi connectivity index (χ1) is 17.5. The minimum Gasteiger partial charge on any atom is -0.507 e. The van der Waals surface area contributed by atoms with Crippen LogP contribution in [-0.2, 0) is 15.0 Å². The summed E-state index contributed by atoms with van der Waals surface area (Å²) in [5.74, 6) is -0.751. The van der Waals surface area contributed by atoms with Crippen molar-refractivity contribution in [3.63, 3.8) is 0 Å². The molecule has 6 heteroatoms. The van der Waals surface area contributed by atoms with Gasteiger partial charge in [-0.25, -0.2) is 0 Å². The third-order valence-corrected chi connectivity index (χ3v) is 6.94. The van der Waals surface area contributed by atoms with E-state index >= 15 is 0 Å². The summed E-state index contributed by atoms with van der Waals surface area (Å²) in [6.07, 6.45) is 0. The number of ketones is 1. The van der Waals surface area contributed by atoms with E-state index in [1.165, 1.54) is 12.0 Å². The van der Waals surface area contributed by atoms with Crippen LogP contribution in [0.5, 0.6) is 11.5 Å². The molecule has 37 heavy (non-hydrogen) atoms. The van der Waals surface area contributed by atoms with E-state index < -0.39 is 17.7 Å². The third kappa shape index (κ3) is 4.71. The predicted molar refractivity (Wildman–Crippen MR) is 145 cm³/mol. The van der Waals surface area contributed by atoms with Gasteiger partial charge in [-0.2, -0.15) is 0 Å². The largest absolute Gasteiger partial charge is 0.507 e. The molecule has 4 rings (SSSR count). The normalized spacial score (nSPS) is 17.3. The van der Waals surface area contributed by atoms with Crippen LogP contribution in [0.15, 0.2) is 66.2 Å². The Labute approximate surface area is 218 Å². The Kier molecular flexibility index (Phi) is 6.87. The van der Waals surface area contributed by atoms with E-state index in [4.69, 9.17) is 9.47 Å². The van der Waals surface area contributed by atoms with Gasteiger partial charge in [0, 0.05) is 5.69 Å². The molecule has 1 aliphatic rings. The maximum atomic E-state index is 13.6. The number of Topliss-reactive ketones (excluding diaryl/α,β-unsaturated/α-hetero) is 1. The molecule has 0 aliphatic carbocycles. The Morgan fingerprint density at radius 2 is 1.62 bits per heavy atom. The molecule has 1 unspecified atom stereocenters. The molecule has 0 aromatic heterocycles. The van der Waals surface area contributed by atoms with E-state index in [1.54, 1.807) is 31.4 Å². The van der Waals surface area contributed by atoms with Crippen LogP contribution in [0, 0.1) is 13.8 Å². The highest BCUT2D eigenvalue weighted by molar-refractivity contribution is 6.51. The van der Waals surface area contributed by atoms with Crippen molar-refractivity contribution in [2.45, 2.75) is 46.1 Å². The molecule has 1 amide bonds. The standard InChI is InChI=1S/C31H33NO5/c1-18-11-13-22(15-19(18)2)32-27(20-9-8-10-23(16-20)36-6)26(29(34)30(32)35)28(33)24-17-21(31(3,4)5)12-14-25(24)37-7/h8-17,27,33H,1-7H3/b28-26+. The smallest absolute Gasteiger partial charge is 0.300 e. The Balaban J connectivity index is 2.02. The lowest BCUT2D eigenvalue weighted by Crippen LogP contribution is -2.29. The number of rotatable bonds is 5. The van der Waals surface area contributed by atoms with Crippen molar-refractivity contribution in [3.05, 3.63) is 94.1 Å². The van der Waals surface area contributed by atoms with E-state index in [2.05, 4.69) is 20.8 Å². The number of hydrogen-bond acceptors (Lipinski definition) is 5. The van der Waals surface area contributed by atoms with Crippen molar-refractivity contribution in [2.75, 3.05) is 19.1 Å². The van der Waals surface area contributed by atoms with Crippen LogP contribution in [0.25, 0.3) is 5.76 Å². The topological polar surface area (TPSA) is 76.1 Å². The SMILES string of the molecule is COc1cccc(C2/C(=C(\O)c3cc(C(C)(C)C)ccc3OC)C(=O)C(=O)N2c2ccc(C)c(C)c2)c1. The van der Waals surface area contributed by atoms with Crippen molar-refractivity contribution in [1.82, 2.24) is 0 Å². The van der Waals surface area contributed by atoms with Gasteiger partial charge in [-0.3, -0.25) is 14.5 Å². The molecule has 1 N–H and O–H groups in total. The molecule has 1 atom stereocenters. The van der Waals surface area contributed by atoms with Crippen LogP contribution in [0.1, 0.15) is 54.6 Å². The van der Waals surface area contributed by atoms with Crippen molar-refractivity contribution in [2.24, 2.45) is 0 Å². The number of amides is 1. The van der Waals surface area contributed by atoms with Crippen LogP contribution in [0.4, 0.5) is 5.69 Å². The van der Waals surface area contributed by atoms with Crippen molar-refractivity contribution >= 4 is 23.1 Å². The van der Waals surface area contributed by atoms with Crippen LogP contribution < -0.4 is 14.4 Å². The van der Waals surface area contributed by atoms with Crippen molar-refractivity contribution in [1.29, 1.82) is 0 Å². The van der Waals surface area contributed by atoms with E-state index in [1.807, 2.05) is 50.2 Å². The maximum absolute atomic E-state index is 13.6. The van der Waals surface area contributed by atoms with Gasteiger partial charge in [-0.1, -0.05) is 45.0 Å². The van der Waals surface area contributed by atoms with Gasteiger partial charge in [0.05, 0.1) is 31.4 Å². The van der Waals surface area contributed by atoms with Crippen LogP contribution in [0.2, 0.25) is 0 Å². The molecule has 0 saturated carbocycles. The number of nitrogens with zero attached hydrogens (tertiary/aromatic N) is 1. The number of anilines is 1. The minimum absolute atomic E-state index is 0.000778. The monoisotopic (exact) mass is 499 g/mol. The first-order valence-electron chi connectivity index (χ1n) is 12.2. The molecular weight excluding hydrogens is 466 g/mol. The van der Waals surface area contributed by atoms with Crippen molar-refractivity contribution in [3.8, 4) is 11.5 Å². The number of carbonyl (C=O) groups excluding carboxylic acids is 2. The lowest BCUT2D eigenvalue weighted by Gasteiger charge is -2.26. The summed E-state index contributed by atoms with van der Waals surface area (Å²) in [6, 6.07) is 17.5. The fraction of sp³-hybridized carbons (Fsp3) is 0.290. The highest BCUT2D eigenvalue weighted by atomic mass is 16.5. The van der Waals surface area contributed by atoms with Crippen molar-refractivity contribution < 1.29 is 24.2 Å². The average molecular weight is 500 g/mol. The summed E-state index contributed by atoms with van der Waals surface area (Å²) >= 11 is 0. The van der Waals surface area contributed by atoms with Crippen LogP contribution in [0.3, 0.4) is 0 Å². The number of methoxy groups -OCH3 is 2. The van der Waals surface area contributed by atoms with Gasteiger partial charge in [-0.15, -0.1) is 0 Å². The molecule has 0 bridgehead atoms. The summed E-state index contributed by atoms with van der Waals surface area (Å²) in [5.41, 5.74) is 4.39. The lowest BCUT2D eigenvalue weighted by molar-refractivity contribution is -0.132. The summed E-state index contributed by atoms with van der Waals surface area (Å²) in [6.45, 7) is 10.1. The van der Waals surface area contributed by atoms with E-state index in [0.717, 1.165) is 16.7 Å². The summed E-state index contributed by atoms with van der Waals surface area (Å²) < 4.78 is 11.0. The highest BCUT2D eigenvalue weighted by Gasteiger charge is 2.47. The molecule has 1 saturated heterocycles. The fourth-order valence-electron chi connectivity index (χ4n) is 4.61. The number of aryl methyl sites for hydroxylation is 2. The maximum Gasteiger partial charge on any atom is 0.300 e. The molecule has 0 radical (unpaired) electrons. The zero-order valence-corrected chi connectivity index (χ0v) is 22.4. The first-order valence-corrected chi connectivity index (χ1v) is 12.2. The van der Waals surface area contributed by atoms with Gasteiger partial charge < -0.3 is 14.6 Å². The van der Waals surface area contributed by atoms with Crippen LogP contribution in [-0.4, -0.2) is 31.0 Å². The number of ether oxygens (including phenoxy) is 2. The Morgan fingerprint density at radius 1 is 0.892 bits per heavy atom. The zero-order valence-electron chi connectivity index (χ0n) is 22.4. The minimum atomic E-state index is -0.861. The molecule has 6 nitrogen and oxygen atoms in total. The molecule has 192 valence electrons. The molecule has 0 spiro atoms. The zero-order chi connectivity index (χ0) is 27.1. The van der Waals surface area contributed by atoms with E-state index in [-0.39, 0.29) is 16.7 Å². The second-order valence-electron chi connectivity index (χ2n) is 10.4. The van der Waals surface area contributed by atoms with E-state index in [0.29, 0.717) is 28.3 Å². The predicted octanol–water partition coefficient (Wildman–Crippen LogP) is 6.24. The Bertz CT molecular complexity index is 1410. The number of carbonyl (C=O) groups is 2. The second-order valence-corrected chi connectivity index (χ2v) is 10.4. The quantitative estimate of drug-likeness (QED) is 0.255. The highest BCUT2D eigenvalue weighted by Crippen LogP contribution is 2.44. The number of aliphatic hydroxyl groups is 1. The molecule has 1 aliphatic heterocycles. The first kappa shape index (κ1) is 26.0. The Morgan fingerprint density at radius 3 is 2.24 bits per heavy atom. The molecule has 1 heterocycles. The van der Waals surface area contributed by atoms with Gasteiger partial charge in [0.1, 0.15) is 17.3 Å². The fourth-order valence-corrected chi connectivity index (χ4v) is 4.61. The summed E-state index contributed by atoms with van der Waals surface area (Å²) in [5, 5.41) is 11.7. The molecule has 3 aromatic carbocycles. The summed E-state index contributed by atoms with van der Waals surface area (Å²) in [4.78, 5) is 28.6. The third-order valence-electron chi connectivity index (χ3n) is 6.94. The lowest BCUT2D eigenvalue weighted by atomic mass is 9.85. The van der Waals surface area contributed by atoms with Gasteiger partial charge in [0.2, 0.25) is 0 Å². The average Bonchev–Trinajstić information content (AvgIpc) is 3.14. The molecule has 3 aromatic rings. The van der Waals surface area contributed by atoms with Gasteiger partial charge in [0.25, 0.3) is 11.7 Å². The number of benzene rings is 3. The molecular formula is C31H33NO5. The summed E-state index contributed by atoms with van der Waals surface area (Å²) in [7, 11) is 3.07. The Hall–Kier alpha value is -4.06. The van der Waals surface area contributed by atoms with Crippen LogP contribution >= 0.6 is 0 Å². The van der Waals surface area contributed by atoms with Gasteiger partial charge in [0.15, 0.2) is 0 Å². The van der Waals surface area contributed by atoms with E-state index in [9.17, 15) is 14.7 Å². The molecule has 1 fully saturated rings. The number of hydrogen-bond donors (Lipinski definition) is 1. The van der Waals surface area contributed by atoms with Gasteiger partial charge >= 0.3 is 0 Å². The second kappa shape index (κ2) is 9.77. The number of aliphatic hydroxyl groups excluding tert-OH is 1.